The predicted molar refractivity (Wildman–Crippen MR) is 38.5 cm³/mol. The van der Waals surface area contributed by atoms with E-state index in [0.717, 1.165) is 6.61 Å². The predicted octanol–water partition coefficient (Wildman–Crippen LogP) is 0.297. The number of thiophene rings is 1. The van der Waals surface area contributed by atoms with Gasteiger partial charge >= 0.3 is 0 Å². The van der Waals surface area contributed by atoms with Gasteiger partial charge in [0.25, 0.3) is 0 Å². The Hall–Kier alpha value is -0.760. The van der Waals surface area contributed by atoms with Crippen LogP contribution in [0.15, 0.2) is 11.4 Å². The number of fused-ring (bicyclic) bond motifs is 1. The van der Waals surface area contributed by atoms with E-state index in [1.54, 1.807) is 11.3 Å². The van der Waals surface area contributed by atoms with E-state index in [1.165, 1.54) is 9.75 Å². The third-order valence-electron chi connectivity index (χ3n) is 1.30. The van der Waals surface area contributed by atoms with Gasteiger partial charge in [0.1, 0.15) is 6.61 Å². The topological polar surface area (TPSA) is 9.23 Å². The van der Waals surface area contributed by atoms with Gasteiger partial charge in [0.05, 0.1) is 6.26 Å². The second-order valence-corrected chi connectivity index (χ2v) is 2.84. The van der Waals surface area contributed by atoms with E-state index in [4.69, 9.17) is 4.74 Å². The molecule has 0 spiro atoms. The first-order valence-electron chi connectivity index (χ1n) is 2.82. The number of hydrogen-bond donors (Lipinski definition) is 0. The first-order valence-corrected chi connectivity index (χ1v) is 3.70. The molecule has 2 heteroatoms. The van der Waals surface area contributed by atoms with Gasteiger partial charge in [0, 0.05) is 9.75 Å². The van der Waals surface area contributed by atoms with E-state index in [-0.39, 0.29) is 0 Å². The summed E-state index contributed by atoms with van der Waals surface area (Å²) in [4.78, 5) is 0. The van der Waals surface area contributed by atoms with Crippen LogP contribution in [-0.2, 0) is 4.74 Å². The molecule has 1 aromatic rings. The average molecular weight is 138 g/mol. The minimum atomic E-state index is 0.730. The van der Waals surface area contributed by atoms with Crippen LogP contribution in [0.5, 0.6) is 0 Å². The first kappa shape index (κ1) is 5.06. The van der Waals surface area contributed by atoms with E-state index in [1.807, 2.05) is 6.26 Å². The molecule has 0 amide bonds. The van der Waals surface area contributed by atoms with Gasteiger partial charge in [-0.15, -0.1) is 11.3 Å². The molecule has 1 aromatic heterocycles. The molecule has 2 rings (SSSR count). The van der Waals surface area contributed by atoms with Gasteiger partial charge in [-0.1, -0.05) is 0 Å². The summed E-state index contributed by atoms with van der Waals surface area (Å²) in [5, 5.41) is 3.29. The first-order chi connectivity index (χ1) is 4.47. The van der Waals surface area contributed by atoms with Crippen molar-refractivity contribution in [3.05, 3.63) is 21.2 Å². The molecule has 1 aliphatic rings. The zero-order valence-electron chi connectivity index (χ0n) is 4.83. The molecule has 46 valence electrons. The smallest absolute Gasteiger partial charge is 0.107 e. The quantitative estimate of drug-likeness (QED) is 0.501. The Morgan fingerprint density at radius 3 is 3.44 bits per heavy atom. The van der Waals surface area contributed by atoms with E-state index in [2.05, 4.69) is 17.5 Å². The van der Waals surface area contributed by atoms with E-state index in [0.29, 0.717) is 0 Å². The van der Waals surface area contributed by atoms with Crippen molar-refractivity contribution in [1.82, 2.24) is 0 Å². The maximum Gasteiger partial charge on any atom is 0.107 e. The van der Waals surface area contributed by atoms with Gasteiger partial charge in [-0.25, -0.2) is 0 Å². The lowest BCUT2D eigenvalue weighted by Gasteiger charge is -1.96. The van der Waals surface area contributed by atoms with Crippen LogP contribution in [0.3, 0.4) is 0 Å². The highest BCUT2D eigenvalue weighted by atomic mass is 32.1. The summed E-state index contributed by atoms with van der Waals surface area (Å²) in [7, 11) is 0. The SMILES string of the molecule is C1=c2ccsc2=CCO1. The summed E-state index contributed by atoms with van der Waals surface area (Å²) < 4.78 is 6.41. The Bertz CT molecular complexity index is 279. The molecule has 0 fully saturated rings. The molecular weight excluding hydrogens is 132 g/mol. The van der Waals surface area contributed by atoms with E-state index >= 15 is 0 Å². The highest BCUT2D eigenvalue weighted by molar-refractivity contribution is 7.07. The van der Waals surface area contributed by atoms with Crippen molar-refractivity contribution in [2.45, 2.75) is 0 Å². The van der Waals surface area contributed by atoms with Crippen LogP contribution in [0, 0.1) is 0 Å². The van der Waals surface area contributed by atoms with Crippen molar-refractivity contribution in [3.63, 3.8) is 0 Å². The molecule has 0 radical (unpaired) electrons. The van der Waals surface area contributed by atoms with Gasteiger partial charge in [0.2, 0.25) is 0 Å². The maximum absolute atomic E-state index is 5.08. The molecule has 0 saturated carbocycles. The molecular formula is C7H6OS. The standard InChI is InChI=1S/C7H6OS/c1-3-8-5-6-2-4-9-7(1)6/h1-2,4-5H,3H2. The molecule has 9 heavy (non-hydrogen) atoms. The van der Waals surface area contributed by atoms with Gasteiger partial charge < -0.3 is 4.74 Å². The largest absolute Gasteiger partial charge is 0.496 e. The Kier molecular flexibility index (Phi) is 1.06. The molecule has 0 aliphatic carbocycles. The van der Waals surface area contributed by atoms with Crippen LogP contribution < -0.4 is 9.75 Å². The fourth-order valence-corrected chi connectivity index (χ4v) is 1.63. The van der Waals surface area contributed by atoms with Crippen LogP contribution in [0.25, 0.3) is 12.3 Å². The van der Waals surface area contributed by atoms with Crippen molar-refractivity contribution >= 4 is 23.7 Å². The summed E-state index contributed by atoms with van der Waals surface area (Å²) in [6, 6.07) is 2.07. The van der Waals surface area contributed by atoms with E-state index in [9.17, 15) is 0 Å². The summed E-state index contributed by atoms with van der Waals surface area (Å²) >= 11 is 1.76. The summed E-state index contributed by atoms with van der Waals surface area (Å²) in [5.74, 6) is 0. The second kappa shape index (κ2) is 1.88. The highest BCUT2D eigenvalue weighted by Crippen LogP contribution is 1.87. The maximum atomic E-state index is 5.08. The summed E-state index contributed by atoms with van der Waals surface area (Å²) in [5.41, 5.74) is 0. The lowest BCUT2D eigenvalue weighted by Crippen LogP contribution is -2.21. The van der Waals surface area contributed by atoms with Gasteiger partial charge in [-0.2, -0.15) is 0 Å². The molecule has 0 atom stereocenters. The Morgan fingerprint density at radius 2 is 2.56 bits per heavy atom. The number of ether oxygens (including phenoxy) is 1. The van der Waals surface area contributed by atoms with Crippen LogP contribution in [0.1, 0.15) is 0 Å². The van der Waals surface area contributed by atoms with Crippen molar-refractivity contribution in [2.24, 2.45) is 0 Å². The lowest BCUT2D eigenvalue weighted by atomic mass is 10.4. The zero-order valence-corrected chi connectivity index (χ0v) is 5.65. The van der Waals surface area contributed by atoms with Crippen molar-refractivity contribution in [2.75, 3.05) is 6.61 Å². The normalized spacial score (nSPS) is 14.7. The van der Waals surface area contributed by atoms with Crippen molar-refractivity contribution < 1.29 is 4.74 Å². The molecule has 0 N–H and O–H groups in total. The van der Waals surface area contributed by atoms with Crippen LogP contribution in [0.2, 0.25) is 0 Å². The zero-order chi connectivity index (χ0) is 6.10. The molecule has 0 unspecified atom stereocenters. The fourth-order valence-electron chi connectivity index (χ4n) is 0.856. The monoisotopic (exact) mass is 138 g/mol. The molecule has 0 bridgehead atoms. The number of hydrogen-bond acceptors (Lipinski definition) is 2. The third-order valence-corrected chi connectivity index (χ3v) is 2.23. The Labute approximate surface area is 56.9 Å². The minimum Gasteiger partial charge on any atom is -0.496 e. The molecule has 1 aliphatic heterocycles. The van der Waals surface area contributed by atoms with Gasteiger partial charge in [-0.3, -0.25) is 0 Å². The van der Waals surface area contributed by atoms with Crippen LogP contribution in [-0.4, -0.2) is 6.61 Å². The minimum absolute atomic E-state index is 0.730. The van der Waals surface area contributed by atoms with E-state index < -0.39 is 0 Å². The van der Waals surface area contributed by atoms with Crippen LogP contribution in [0.4, 0.5) is 0 Å². The molecule has 2 heterocycles. The summed E-state index contributed by atoms with van der Waals surface area (Å²) in [6.45, 7) is 0.730. The molecule has 0 saturated heterocycles. The van der Waals surface area contributed by atoms with Gasteiger partial charge in [0.15, 0.2) is 0 Å². The fraction of sp³-hybridized carbons (Fsp3) is 0.143. The highest BCUT2D eigenvalue weighted by Gasteiger charge is 1.91. The number of rotatable bonds is 0. The van der Waals surface area contributed by atoms with Crippen LogP contribution >= 0.6 is 11.3 Å². The summed E-state index contributed by atoms with van der Waals surface area (Å²) in [6.07, 6.45) is 3.91. The lowest BCUT2D eigenvalue weighted by molar-refractivity contribution is 0.347. The Morgan fingerprint density at radius 1 is 1.56 bits per heavy atom. The third kappa shape index (κ3) is 0.754. The van der Waals surface area contributed by atoms with Crippen molar-refractivity contribution in [3.8, 4) is 0 Å². The second-order valence-electron chi connectivity index (χ2n) is 1.90. The molecule has 1 nitrogen and oxygen atoms in total. The van der Waals surface area contributed by atoms with Gasteiger partial charge in [-0.05, 0) is 17.5 Å². The molecule has 0 aromatic carbocycles. The Balaban J connectivity index is 2.89. The average Bonchev–Trinajstić information content (AvgIpc) is 2.33. The van der Waals surface area contributed by atoms with Crippen molar-refractivity contribution in [1.29, 1.82) is 0 Å².